The van der Waals surface area contributed by atoms with Crippen molar-refractivity contribution in [1.82, 2.24) is 0 Å². The maximum absolute atomic E-state index is 10.6. The highest BCUT2D eigenvalue weighted by Crippen LogP contribution is 2.12. The van der Waals surface area contributed by atoms with Gasteiger partial charge in [0.1, 0.15) is 0 Å². The first-order valence-electron chi connectivity index (χ1n) is 3.05. The third-order valence-corrected chi connectivity index (χ3v) is 2.39. The van der Waals surface area contributed by atoms with Crippen LogP contribution in [0.15, 0.2) is 29.2 Å². The number of aryl methyl sites for hydroxylation is 1. The second-order valence-electron chi connectivity index (χ2n) is 2.24. The normalized spacial score (nSPS) is 7.41. The first-order chi connectivity index (χ1) is 5.02. The largest absolute Gasteiger partial charge is 0.412 e. The van der Waals surface area contributed by atoms with Gasteiger partial charge in [-0.25, -0.2) is 0 Å². The summed E-state index contributed by atoms with van der Waals surface area (Å²) in [4.78, 5) is -0.0278. The van der Waals surface area contributed by atoms with Crippen LogP contribution in [-0.4, -0.2) is 45.8 Å². The molecular weight excluding hydrogens is 260 g/mol. The van der Waals surface area contributed by atoms with Crippen LogP contribution in [0.1, 0.15) is 5.56 Å². The fourth-order valence-corrected chi connectivity index (χ4v) is 1.57. The zero-order valence-electron chi connectivity index (χ0n) is 8.98. The summed E-state index contributed by atoms with van der Waals surface area (Å²) in [5.74, 6) is 0. The van der Waals surface area contributed by atoms with Crippen LogP contribution in [0.25, 0.3) is 0 Å². The zero-order valence-corrected chi connectivity index (χ0v) is 9.80. The molecule has 0 aliphatic carbocycles. The molecular formula is C7H20O9S. The maximum atomic E-state index is 10.6. The van der Waals surface area contributed by atoms with Gasteiger partial charge in [0.05, 0.1) is 4.90 Å². The molecule has 1 rings (SSSR count). The molecule has 0 amide bonds. The minimum absolute atomic E-state index is 0. The molecule has 0 fully saturated rings. The summed E-state index contributed by atoms with van der Waals surface area (Å²) in [6.07, 6.45) is 0. The smallest absolute Gasteiger partial charge is 0.294 e. The van der Waals surface area contributed by atoms with Crippen LogP contribution >= 0.6 is 0 Å². The lowest BCUT2D eigenvalue weighted by Crippen LogP contribution is -1.99. The number of benzene rings is 1. The highest BCUT2D eigenvalue weighted by molar-refractivity contribution is 7.85. The number of rotatable bonds is 1. The van der Waals surface area contributed by atoms with Gasteiger partial charge in [0.15, 0.2) is 0 Å². The van der Waals surface area contributed by atoms with Crippen LogP contribution in [0.4, 0.5) is 0 Å². The van der Waals surface area contributed by atoms with Crippen molar-refractivity contribution in [3.8, 4) is 0 Å². The molecule has 0 heterocycles. The molecule has 10 heteroatoms. The molecule has 13 N–H and O–H groups in total. The van der Waals surface area contributed by atoms with E-state index in [0.29, 0.717) is 5.56 Å². The molecule has 1 aromatic rings. The van der Waals surface area contributed by atoms with E-state index < -0.39 is 10.1 Å². The van der Waals surface area contributed by atoms with Gasteiger partial charge in [0, 0.05) is 0 Å². The molecule has 0 unspecified atom stereocenters. The molecule has 0 aliphatic rings. The van der Waals surface area contributed by atoms with Crippen molar-refractivity contribution in [2.75, 3.05) is 0 Å². The van der Waals surface area contributed by atoms with Crippen LogP contribution in [-0.2, 0) is 10.1 Å². The van der Waals surface area contributed by atoms with Crippen molar-refractivity contribution < 1.29 is 45.8 Å². The minimum atomic E-state index is -4.03. The van der Waals surface area contributed by atoms with Gasteiger partial charge in [-0.05, 0) is 18.6 Å². The molecule has 0 aliphatic heterocycles. The van der Waals surface area contributed by atoms with E-state index in [1.165, 1.54) is 6.07 Å². The Kier molecular flexibility index (Phi) is 27.5. The fraction of sp³-hybridized carbons (Fsp3) is 0.143. The highest BCUT2D eigenvalue weighted by atomic mass is 32.2. The Morgan fingerprint density at radius 2 is 1.24 bits per heavy atom. The average molecular weight is 280 g/mol. The summed E-state index contributed by atoms with van der Waals surface area (Å²) in [5.41, 5.74) is 0.551. The van der Waals surface area contributed by atoms with Crippen molar-refractivity contribution in [3.05, 3.63) is 29.8 Å². The van der Waals surface area contributed by atoms with Crippen molar-refractivity contribution in [2.45, 2.75) is 11.8 Å². The van der Waals surface area contributed by atoms with E-state index in [1.54, 1.807) is 25.1 Å². The standard InChI is InChI=1S/C7H8O3S.6H2O/c1-6-4-2-3-5-7(6)11(8,9)10;;;;;;/h2-5H,1H3,(H,8,9,10);6*1H2. The monoisotopic (exact) mass is 280 g/mol. The zero-order chi connectivity index (χ0) is 8.48. The number of hydrogen-bond acceptors (Lipinski definition) is 2. The Hall–Kier alpha value is -1.11. The summed E-state index contributed by atoms with van der Waals surface area (Å²) in [6, 6.07) is 6.27. The van der Waals surface area contributed by atoms with Gasteiger partial charge in [-0.1, -0.05) is 18.2 Å². The molecule has 0 saturated heterocycles. The molecule has 0 bridgehead atoms. The molecule has 0 atom stereocenters. The highest BCUT2D eigenvalue weighted by Gasteiger charge is 2.10. The van der Waals surface area contributed by atoms with Crippen molar-refractivity contribution in [2.24, 2.45) is 0 Å². The van der Waals surface area contributed by atoms with Crippen LogP contribution in [0.5, 0.6) is 0 Å². The van der Waals surface area contributed by atoms with Gasteiger partial charge in [0.25, 0.3) is 10.1 Å². The summed E-state index contributed by atoms with van der Waals surface area (Å²) in [7, 11) is -4.03. The second kappa shape index (κ2) is 13.0. The van der Waals surface area contributed by atoms with Crippen molar-refractivity contribution in [1.29, 1.82) is 0 Å². The van der Waals surface area contributed by atoms with E-state index >= 15 is 0 Å². The predicted octanol–water partition coefficient (Wildman–Crippen LogP) is -3.71. The van der Waals surface area contributed by atoms with Gasteiger partial charge in [-0.3, -0.25) is 4.55 Å². The Bertz CT molecular complexity index is 361. The van der Waals surface area contributed by atoms with Gasteiger partial charge in [-0.15, -0.1) is 0 Å². The molecule has 9 nitrogen and oxygen atoms in total. The van der Waals surface area contributed by atoms with Gasteiger partial charge in [-0.2, -0.15) is 8.42 Å². The lowest BCUT2D eigenvalue weighted by atomic mass is 10.2. The Morgan fingerprint density at radius 3 is 1.47 bits per heavy atom. The third kappa shape index (κ3) is 9.80. The predicted molar refractivity (Wildman–Crippen MR) is 62.7 cm³/mol. The lowest BCUT2D eigenvalue weighted by molar-refractivity contribution is 0.482. The molecule has 0 saturated carbocycles. The van der Waals surface area contributed by atoms with E-state index in [2.05, 4.69) is 0 Å². The van der Waals surface area contributed by atoms with Crippen LogP contribution in [0, 0.1) is 6.92 Å². The molecule has 1 aromatic carbocycles. The first-order valence-corrected chi connectivity index (χ1v) is 4.49. The molecule has 17 heavy (non-hydrogen) atoms. The summed E-state index contributed by atoms with van der Waals surface area (Å²) >= 11 is 0. The van der Waals surface area contributed by atoms with E-state index in [9.17, 15) is 8.42 Å². The molecule has 108 valence electrons. The SMILES string of the molecule is Cc1ccccc1S(=O)(=O)O.O.O.O.O.O.O. The van der Waals surface area contributed by atoms with Gasteiger partial charge in [0.2, 0.25) is 0 Å². The Balaban J connectivity index is -0.0000000504. The summed E-state index contributed by atoms with van der Waals surface area (Å²) in [6.45, 7) is 1.63. The minimum Gasteiger partial charge on any atom is -0.412 e. The van der Waals surface area contributed by atoms with Crippen LogP contribution < -0.4 is 0 Å². The quantitative estimate of drug-likeness (QED) is 0.510. The number of hydrogen-bond donors (Lipinski definition) is 1. The average Bonchev–Trinajstić information content (AvgIpc) is 1.86. The van der Waals surface area contributed by atoms with E-state index in [1.807, 2.05) is 0 Å². The lowest BCUT2D eigenvalue weighted by Gasteiger charge is -1.99. The Morgan fingerprint density at radius 1 is 0.882 bits per heavy atom. The summed E-state index contributed by atoms with van der Waals surface area (Å²) < 4.78 is 29.9. The van der Waals surface area contributed by atoms with E-state index in [4.69, 9.17) is 4.55 Å². The van der Waals surface area contributed by atoms with Gasteiger partial charge >= 0.3 is 0 Å². The molecule has 0 aromatic heterocycles. The first kappa shape index (κ1) is 36.0. The molecule has 0 radical (unpaired) electrons. The van der Waals surface area contributed by atoms with E-state index in [-0.39, 0.29) is 37.8 Å². The maximum Gasteiger partial charge on any atom is 0.294 e. The van der Waals surface area contributed by atoms with Crippen molar-refractivity contribution >= 4 is 10.1 Å². The third-order valence-electron chi connectivity index (χ3n) is 1.37. The molecule has 0 spiro atoms. The fourth-order valence-electron chi connectivity index (χ4n) is 0.846. The van der Waals surface area contributed by atoms with Crippen LogP contribution in [0.3, 0.4) is 0 Å². The summed E-state index contributed by atoms with van der Waals surface area (Å²) in [5, 5.41) is 0. The van der Waals surface area contributed by atoms with Crippen molar-refractivity contribution in [3.63, 3.8) is 0 Å². The topological polar surface area (TPSA) is 243 Å². The van der Waals surface area contributed by atoms with E-state index in [0.717, 1.165) is 0 Å². The second-order valence-corrected chi connectivity index (χ2v) is 3.63. The van der Waals surface area contributed by atoms with Crippen LogP contribution in [0.2, 0.25) is 0 Å². The Labute approximate surface area is 98.3 Å². The van der Waals surface area contributed by atoms with Gasteiger partial charge < -0.3 is 32.9 Å².